The van der Waals surface area contributed by atoms with Gasteiger partial charge in [0.2, 0.25) is 0 Å². The summed E-state index contributed by atoms with van der Waals surface area (Å²) in [6.45, 7) is 7.21. The Hall–Kier alpha value is -0.960. The van der Waals surface area contributed by atoms with E-state index in [-0.39, 0.29) is 11.7 Å². The number of piperidine rings is 1. The summed E-state index contributed by atoms with van der Waals surface area (Å²) in [6.07, 6.45) is 2.28. The molecule has 2 heterocycles. The maximum Gasteiger partial charge on any atom is 0.155 e. The van der Waals surface area contributed by atoms with Crippen LogP contribution in [0.15, 0.2) is 12.2 Å². The van der Waals surface area contributed by atoms with Crippen LogP contribution in [0.2, 0.25) is 0 Å². The average molecular weight is 207 g/mol. The van der Waals surface area contributed by atoms with E-state index in [2.05, 4.69) is 11.5 Å². The third-order valence-electron chi connectivity index (χ3n) is 3.61. The minimum atomic E-state index is 0.0890. The van der Waals surface area contributed by atoms with Crippen molar-refractivity contribution in [2.75, 3.05) is 13.1 Å². The van der Waals surface area contributed by atoms with Crippen molar-refractivity contribution in [2.24, 2.45) is 5.92 Å². The van der Waals surface area contributed by atoms with Crippen LogP contribution in [0.25, 0.3) is 0 Å². The first-order chi connectivity index (χ1) is 7.08. The number of carbonyl (C=O) groups is 2. The molecule has 2 rings (SSSR count). The molecule has 0 aromatic heterocycles. The van der Waals surface area contributed by atoms with Crippen molar-refractivity contribution in [1.82, 2.24) is 4.90 Å². The van der Waals surface area contributed by atoms with E-state index in [1.54, 1.807) is 6.92 Å². The Balaban J connectivity index is 2.02. The summed E-state index contributed by atoms with van der Waals surface area (Å²) in [5.74, 6) is 0.731. The van der Waals surface area contributed by atoms with Crippen molar-refractivity contribution in [2.45, 2.75) is 32.2 Å². The summed E-state index contributed by atoms with van der Waals surface area (Å²) in [5, 5.41) is 0. The van der Waals surface area contributed by atoms with E-state index in [1.807, 2.05) is 0 Å². The van der Waals surface area contributed by atoms with Crippen molar-refractivity contribution in [3.63, 3.8) is 0 Å². The van der Waals surface area contributed by atoms with Gasteiger partial charge in [-0.3, -0.25) is 14.5 Å². The molecule has 2 fully saturated rings. The van der Waals surface area contributed by atoms with Gasteiger partial charge in [-0.2, -0.15) is 0 Å². The normalized spacial score (nSPS) is 31.4. The average Bonchev–Trinajstić information content (AvgIpc) is 2.58. The van der Waals surface area contributed by atoms with Gasteiger partial charge in [-0.25, -0.2) is 0 Å². The van der Waals surface area contributed by atoms with Crippen molar-refractivity contribution in [3.05, 3.63) is 12.2 Å². The summed E-state index contributed by atoms with van der Waals surface area (Å²) < 4.78 is 0. The standard InChI is InChI=1S/C12H17NO2/c1-8(9(2)14)10-5-11-6-12(15)3-4-13(11)7-10/h10-11H,1,3-7H2,2H3. The molecule has 0 saturated carbocycles. The van der Waals surface area contributed by atoms with E-state index < -0.39 is 0 Å². The van der Waals surface area contributed by atoms with Gasteiger partial charge < -0.3 is 0 Å². The molecule has 0 spiro atoms. The van der Waals surface area contributed by atoms with Crippen LogP contribution in [0.4, 0.5) is 0 Å². The number of carbonyl (C=O) groups excluding carboxylic acids is 2. The highest BCUT2D eigenvalue weighted by molar-refractivity contribution is 5.93. The first-order valence-corrected chi connectivity index (χ1v) is 5.53. The first-order valence-electron chi connectivity index (χ1n) is 5.53. The molecule has 0 amide bonds. The number of Topliss-reactive ketones (excluding diaryl/α,β-unsaturated/α-hetero) is 2. The molecule has 0 N–H and O–H groups in total. The number of ketones is 2. The molecule has 82 valence electrons. The Morgan fingerprint density at radius 1 is 1.53 bits per heavy atom. The van der Waals surface area contributed by atoms with E-state index in [1.165, 1.54) is 0 Å². The minimum absolute atomic E-state index is 0.0890. The van der Waals surface area contributed by atoms with Gasteiger partial charge in [0.15, 0.2) is 5.78 Å². The Bertz CT molecular complexity index is 322. The molecule has 0 radical (unpaired) electrons. The van der Waals surface area contributed by atoms with Gasteiger partial charge >= 0.3 is 0 Å². The molecule has 2 saturated heterocycles. The zero-order valence-electron chi connectivity index (χ0n) is 9.16. The molecule has 2 aliphatic heterocycles. The molecule has 15 heavy (non-hydrogen) atoms. The molecular formula is C12H17NO2. The summed E-state index contributed by atoms with van der Waals surface area (Å²) in [7, 11) is 0. The monoisotopic (exact) mass is 207 g/mol. The zero-order chi connectivity index (χ0) is 11.0. The van der Waals surface area contributed by atoms with E-state index in [4.69, 9.17) is 0 Å². The lowest BCUT2D eigenvalue weighted by molar-refractivity contribution is -0.122. The summed E-state index contributed by atoms with van der Waals surface area (Å²) in [6, 6.07) is 0.368. The van der Waals surface area contributed by atoms with Crippen molar-refractivity contribution >= 4 is 11.6 Å². The molecular weight excluding hydrogens is 190 g/mol. The summed E-state index contributed by atoms with van der Waals surface area (Å²) in [5.41, 5.74) is 0.733. The second-order valence-electron chi connectivity index (χ2n) is 4.66. The van der Waals surface area contributed by atoms with E-state index in [0.717, 1.165) is 25.1 Å². The topological polar surface area (TPSA) is 37.4 Å². The number of rotatable bonds is 2. The third kappa shape index (κ3) is 2.02. The zero-order valence-corrected chi connectivity index (χ0v) is 9.16. The molecule has 3 heteroatoms. The third-order valence-corrected chi connectivity index (χ3v) is 3.61. The number of nitrogens with zero attached hydrogens (tertiary/aromatic N) is 1. The Morgan fingerprint density at radius 3 is 2.93 bits per heavy atom. The quantitative estimate of drug-likeness (QED) is 0.638. The second kappa shape index (κ2) is 3.89. The van der Waals surface area contributed by atoms with Crippen LogP contribution in [-0.2, 0) is 9.59 Å². The molecule has 3 nitrogen and oxygen atoms in total. The van der Waals surface area contributed by atoms with Gasteiger partial charge in [0.25, 0.3) is 0 Å². The number of hydrogen-bond donors (Lipinski definition) is 0. The van der Waals surface area contributed by atoms with Crippen molar-refractivity contribution in [3.8, 4) is 0 Å². The lowest BCUT2D eigenvalue weighted by Gasteiger charge is -2.27. The SMILES string of the molecule is C=C(C(C)=O)C1CC2CC(=O)CCN2C1. The fraction of sp³-hybridized carbons (Fsp3) is 0.667. The van der Waals surface area contributed by atoms with Crippen LogP contribution in [0, 0.1) is 5.92 Å². The molecule has 0 aromatic carbocycles. The fourth-order valence-corrected chi connectivity index (χ4v) is 2.64. The van der Waals surface area contributed by atoms with Crippen molar-refractivity contribution < 1.29 is 9.59 Å². The van der Waals surface area contributed by atoms with Crippen LogP contribution < -0.4 is 0 Å². The fourth-order valence-electron chi connectivity index (χ4n) is 2.64. The van der Waals surface area contributed by atoms with Gasteiger partial charge in [0, 0.05) is 37.9 Å². The lowest BCUT2D eigenvalue weighted by atomic mass is 9.93. The van der Waals surface area contributed by atoms with E-state index >= 15 is 0 Å². The number of fused-ring (bicyclic) bond motifs is 1. The summed E-state index contributed by atoms with van der Waals surface area (Å²) in [4.78, 5) is 24.8. The molecule has 0 aromatic rings. The first kappa shape index (κ1) is 10.6. The van der Waals surface area contributed by atoms with Gasteiger partial charge in [-0.15, -0.1) is 0 Å². The Morgan fingerprint density at radius 2 is 2.27 bits per heavy atom. The van der Waals surface area contributed by atoms with Gasteiger partial charge in [-0.05, 0) is 18.9 Å². The van der Waals surface area contributed by atoms with Crippen LogP contribution in [-0.4, -0.2) is 35.6 Å². The predicted octanol–water partition coefficient (Wildman–Crippen LogP) is 1.18. The second-order valence-corrected chi connectivity index (χ2v) is 4.66. The molecule has 2 atom stereocenters. The van der Waals surface area contributed by atoms with Crippen LogP contribution in [0.3, 0.4) is 0 Å². The maximum atomic E-state index is 11.3. The van der Waals surface area contributed by atoms with Crippen LogP contribution in [0.1, 0.15) is 26.2 Å². The Kier molecular flexibility index (Phi) is 2.74. The van der Waals surface area contributed by atoms with Crippen LogP contribution >= 0.6 is 0 Å². The van der Waals surface area contributed by atoms with Crippen molar-refractivity contribution in [1.29, 1.82) is 0 Å². The predicted molar refractivity (Wildman–Crippen MR) is 57.5 cm³/mol. The molecule has 0 bridgehead atoms. The molecule has 0 aliphatic carbocycles. The lowest BCUT2D eigenvalue weighted by Crippen LogP contribution is -2.38. The summed E-state index contributed by atoms with van der Waals surface area (Å²) >= 11 is 0. The minimum Gasteiger partial charge on any atom is -0.300 e. The smallest absolute Gasteiger partial charge is 0.155 e. The number of hydrogen-bond acceptors (Lipinski definition) is 3. The van der Waals surface area contributed by atoms with E-state index in [0.29, 0.717) is 24.7 Å². The van der Waals surface area contributed by atoms with Gasteiger partial charge in [0.1, 0.15) is 5.78 Å². The molecule has 2 aliphatic rings. The van der Waals surface area contributed by atoms with Gasteiger partial charge in [0.05, 0.1) is 0 Å². The largest absolute Gasteiger partial charge is 0.300 e. The maximum absolute atomic E-state index is 11.3. The molecule has 2 unspecified atom stereocenters. The highest BCUT2D eigenvalue weighted by Crippen LogP contribution is 2.32. The van der Waals surface area contributed by atoms with E-state index in [9.17, 15) is 9.59 Å². The van der Waals surface area contributed by atoms with Gasteiger partial charge in [-0.1, -0.05) is 6.58 Å². The Labute approximate surface area is 90.1 Å². The van der Waals surface area contributed by atoms with Crippen LogP contribution in [0.5, 0.6) is 0 Å². The highest BCUT2D eigenvalue weighted by atomic mass is 16.1. The highest BCUT2D eigenvalue weighted by Gasteiger charge is 2.37.